The van der Waals surface area contributed by atoms with Crippen molar-refractivity contribution in [3.8, 4) is 5.75 Å². The standard InChI is InChI=1S/C14H22N2O/c1-11-9-12(3-4-13(11)17-2)14(10-15)5-7-16-8-6-14/h3-4,9,16H,5-8,10,15H2,1-2H3. The molecule has 1 aliphatic heterocycles. The zero-order valence-electron chi connectivity index (χ0n) is 10.8. The van der Waals surface area contributed by atoms with E-state index < -0.39 is 0 Å². The van der Waals surface area contributed by atoms with Gasteiger partial charge in [0.25, 0.3) is 0 Å². The number of benzene rings is 1. The van der Waals surface area contributed by atoms with Gasteiger partial charge in [-0.1, -0.05) is 12.1 Å². The molecule has 2 rings (SSSR count). The first-order valence-corrected chi connectivity index (χ1v) is 6.28. The van der Waals surface area contributed by atoms with Crippen molar-refractivity contribution in [3.63, 3.8) is 0 Å². The van der Waals surface area contributed by atoms with E-state index >= 15 is 0 Å². The minimum atomic E-state index is 0.155. The molecule has 3 nitrogen and oxygen atoms in total. The zero-order valence-corrected chi connectivity index (χ0v) is 10.8. The van der Waals surface area contributed by atoms with Crippen LogP contribution >= 0.6 is 0 Å². The highest BCUT2D eigenvalue weighted by molar-refractivity contribution is 5.40. The van der Waals surface area contributed by atoms with Crippen LogP contribution < -0.4 is 15.8 Å². The fourth-order valence-corrected chi connectivity index (χ4v) is 2.72. The van der Waals surface area contributed by atoms with Crippen molar-refractivity contribution >= 4 is 0 Å². The number of piperidine rings is 1. The van der Waals surface area contributed by atoms with E-state index in [9.17, 15) is 0 Å². The van der Waals surface area contributed by atoms with Gasteiger partial charge in [0.15, 0.2) is 0 Å². The quantitative estimate of drug-likeness (QED) is 0.835. The van der Waals surface area contributed by atoms with Crippen molar-refractivity contribution in [2.24, 2.45) is 5.73 Å². The number of ether oxygens (including phenoxy) is 1. The average Bonchev–Trinajstić information content (AvgIpc) is 2.39. The van der Waals surface area contributed by atoms with E-state index in [1.807, 2.05) is 0 Å². The van der Waals surface area contributed by atoms with Gasteiger partial charge in [-0.2, -0.15) is 0 Å². The topological polar surface area (TPSA) is 47.3 Å². The Balaban J connectivity index is 2.33. The second-order valence-electron chi connectivity index (χ2n) is 4.92. The molecular formula is C14H22N2O. The second-order valence-corrected chi connectivity index (χ2v) is 4.92. The Hall–Kier alpha value is -1.06. The van der Waals surface area contributed by atoms with Gasteiger partial charge in [-0.25, -0.2) is 0 Å². The van der Waals surface area contributed by atoms with Crippen LogP contribution in [0.15, 0.2) is 18.2 Å². The lowest BCUT2D eigenvalue weighted by Gasteiger charge is -2.37. The third-order valence-corrected chi connectivity index (χ3v) is 3.96. The minimum Gasteiger partial charge on any atom is -0.496 e. The van der Waals surface area contributed by atoms with E-state index in [1.165, 1.54) is 11.1 Å². The molecule has 1 heterocycles. The summed E-state index contributed by atoms with van der Waals surface area (Å²) in [6.45, 7) is 4.93. The molecule has 3 N–H and O–H groups in total. The van der Waals surface area contributed by atoms with Gasteiger partial charge in [0.2, 0.25) is 0 Å². The summed E-state index contributed by atoms with van der Waals surface area (Å²) in [7, 11) is 1.71. The first kappa shape index (κ1) is 12.4. The Morgan fingerprint density at radius 3 is 2.59 bits per heavy atom. The van der Waals surface area contributed by atoms with Crippen molar-refractivity contribution in [2.75, 3.05) is 26.7 Å². The fourth-order valence-electron chi connectivity index (χ4n) is 2.72. The zero-order chi connectivity index (χ0) is 12.3. The number of nitrogens with two attached hydrogens (primary N) is 1. The maximum atomic E-state index is 6.03. The molecule has 3 heteroatoms. The summed E-state index contributed by atoms with van der Waals surface area (Å²) in [5, 5.41) is 3.40. The van der Waals surface area contributed by atoms with E-state index in [4.69, 9.17) is 10.5 Å². The normalized spacial score (nSPS) is 19.0. The third kappa shape index (κ3) is 2.31. The molecule has 1 aromatic carbocycles. The predicted octanol–water partition coefficient (Wildman–Crippen LogP) is 1.58. The van der Waals surface area contributed by atoms with E-state index in [-0.39, 0.29) is 5.41 Å². The Kier molecular flexibility index (Phi) is 3.69. The second kappa shape index (κ2) is 5.07. The van der Waals surface area contributed by atoms with Gasteiger partial charge in [0.1, 0.15) is 5.75 Å². The summed E-state index contributed by atoms with van der Waals surface area (Å²) >= 11 is 0. The molecule has 0 radical (unpaired) electrons. The lowest BCUT2D eigenvalue weighted by atomic mass is 9.73. The molecule has 94 valence electrons. The van der Waals surface area contributed by atoms with Gasteiger partial charge in [-0.05, 0) is 50.0 Å². The first-order valence-electron chi connectivity index (χ1n) is 6.28. The van der Waals surface area contributed by atoms with Crippen LogP contribution in [-0.4, -0.2) is 26.7 Å². The van der Waals surface area contributed by atoms with E-state index in [2.05, 4.69) is 30.4 Å². The maximum absolute atomic E-state index is 6.03. The van der Waals surface area contributed by atoms with E-state index in [1.54, 1.807) is 7.11 Å². The number of aryl methyl sites for hydroxylation is 1. The molecule has 0 unspecified atom stereocenters. The molecule has 0 saturated carbocycles. The molecule has 1 fully saturated rings. The van der Waals surface area contributed by atoms with Crippen molar-refractivity contribution in [2.45, 2.75) is 25.2 Å². The van der Waals surface area contributed by atoms with E-state index in [0.29, 0.717) is 0 Å². The van der Waals surface area contributed by atoms with Gasteiger partial charge in [-0.15, -0.1) is 0 Å². The van der Waals surface area contributed by atoms with Crippen molar-refractivity contribution in [1.82, 2.24) is 5.32 Å². The van der Waals surface area contributed by atoms with Crippen molar-refractivity contribution in [3.05, 3.63) is 29.3 Å². The smallest absolute Gasteiger partial charge is 0.121 e. The van der Waals surface area contributed by atoms with Crippen LogP contribution in [0.5, 0.6) is 5.75 Å². The molecule has 0 bridgehead atoms. The highest BCUT2D eigenvalue weighted by atomic mass is 16.5. The van der Waals surface area contributed by atoms with Gasteiger partial charge < -0.3 is 15.8 Å². The summed E-state index contributed by atoms with van der Waals surface area (Å²) in [4.78, 5) is 0. The molecule has 1 aliphatic rings. The molecule has 17 heavy (non-hydrogen) atoms. The summed E-state index contributed by atoms with van der Waals surface area (Å²) in [6.07, 6.45) is 2.24. The average molecular weight is 234 g/mol. The van der Waals surface area contributed by atoms with Crippen LogP contribution in [0.25, 0.3) is 0 Å². The van der Waals surface area contributed by atoms with Crippen LogP contribution in [-0.2, 0) is 5.41 Å². The highest BCUT2D eigenvalue weighted by Crippen LogP contribution is 2.34. The Bertz CT molecular complexity index is 384. The lowest BCUT2D eigenvalue weighted by molar-refractivity contribution is 0.315. The number of hydrogen-bond acceptors (Lipinski definition) is 3. The molecule has 0 aliphatic carbocycles. The summed E-state index contributed by atoms with van der Waals surface area (Å²) in [5.74, 6) is 0.954. The SMILES string of the molecule is COc1ccc(C2(CN)CCNCC2)cc1C. The molecule has 1 saturated heterocycles. The Morgan fingerprint density at radius 2 is 2.06 bits per heavy atom. The maximum Gasteiger partial charge on any atom is 0.121 e. The van der Waals surface area contributed by atoms with Gasteiger partial charge >= 0.3 is 0 Å². The molecule has 0 atom stereocenters. The van der Waals surface area contributed by atoms with Crippen LogP contribution in [0.4, 0.5) is 0 Å². The Labute approximate surface area is 103 Å². The van der Waals surface area contributed by atoms with Gasteiger partial charge in [0.05, 0.1) is 7.11 Å². The van der Waals surface area contributed by atoms with Crippen LogP contribution in [0.3, 0.4) is 0 Å². The Morgan fingerprint density at radius 1 is 1.35 bits per heavy atom. The van der Waals surface area contributed by atoms with Crippen LogP contribution in [0.2, 0.25) is 0 Å². The van der Waals surface area contributed by atoms with Crippen molar-refractivity contribution in [1.29, 1.82) is 0 Å². The number of nitrogens with one attached hydrogen (secondary N) is 1. The monoisotopic (exact) mass is 234 g/mol. The predicted molar refractivity (Wildman–Crippen MR) is 70.6 cm³/mol. The lowest BCUT2D eigenvalue weighted by Crippen LogP contribution is -2.44. The number of rotatable bonds is 3. The molecular weight excluding hydrogens is 212 g/mol. The van der Waals surface area contributed by atoms with Crippen molar-refractivity contribution < 1.29 is 4.74 Å². The third-order valence-electron chi connectivity index (χ3n) is 3.96. The molecule has 0 aromatic heterocycles. The summed E-state index contributed by atoms with van der Waals surface area (Å²) in [6, 6.07) is 6.46. The molecule has 1 aromatic rings. The summed E-state index contributed by atoms with van der Waals surface area (Å²) < 4.78 is 5.31. The van der Waals surface area contributed by atoms with Crippen LogP contribution in [0, 0.1) is 6.92 Å². The fraction of sp³-hybridized carbons (Fsp3) is 0.571. The number of methoxy groups -OCH3 is 1. The van der Waals surface area contributed by atoms with Gasteiger partial charge in [-0.3, -0.25) is 0 Å². The largest absolute Gasteiger partial charge is 0.496 e. The first-order chi connectivity index (χ1) is 8.22. The molecule has 0 spiro atoms. The molecule has 0 amide bonds. The summed E-state index contributed by atoms with van der Waals surface area (Å²) in [5.41, 5.74) is 8.74. The van der Waals surface area contributed by atoms with E-state index in [0.717, 1.165) is 38.2 Å². The minimum absolute atomic E-state index is 0.155. The van der Waals surface area contributed by atoms with Crippen LogP contribution in [0.1, 0.15) is 24.0 Å². The highest BCUT2D eigenvalue weighted by Gasteiger charge is 2.32. The number of hydrogen-bond donors (Lipinski definition) is 2. The van der Waals surface area contributed by atoms with Gasteiger partial charge in [0, 0.05) is 12.0 Å².